The van der Waals surface area contributed by atoms with Crippen LogP contribution in [-0.4, -0.2) is 24.5 Å². The molecule has 0 bridgehead atoms. The maximum absolute atomic E-state index is 11.5. The Morgan fingerprint density at radius 2 is 2.08 bits per heavy atom. The van der Waals surface area contributed by atoms with Crippen molar-refractivity contribution in [3.05, 3.63) is 57.6 Å². The lowest BCUT2D eigenvalue weighted by molar-refractivity contribution is 0.101. The molecule has 0 saturated carbocycles. The highest BCUT2D eigenvalue weighted by atomic mass is 79.9. The minimum Gasteiger partial charge on any atom is -0.488 e. The molecular formula is C18H19BrN4O2. The number of anilines is 1. The summed E-state index contributed by atoms with van der Waals surface area (Å²) < 4.78 is 6.75. The minimum absolute atomic E-state index is 0.0250. The van der Waals surface area contributed by atoms with Gasteiger partial charge in [0, 0.05) is 18.2 Å². The van der Waals surface area contributed by atoms with Crippen LogP contribution < -0.4 is 9.75 Å². The maximum atomic E-state index is 11.5. The first-order valence-electron chi connectivity index (χ1n) is 7.87. The Kier molecular flexibility index (Phi) is 5.03. The molecule has 0 radical (unpaired) electrons. The van der Waals surface area contributed by atoms with E-state index in [2.05, 4.69) is 26.4 Å². The van der Waals surface area contributed by atoms with Crippen molar-refractivity contribution < 1.29 is 9.53 Å². The van der Waals surface area contributed by atoms with Gasteiger partial charge >= 0.3 is 0 Å². The number of nitrogens with zero attached hydrogens (tertiary/aromatic N) is 4. The van der Waals surface area contributed by atoms with Gasteiger partial charge in [0.05, 0.1) is 10.2 Å². The summed E-state index contributed by atoms with van der Waals surface area (Å²) in [6.45, 7) is 4.60. The lowest BCUT2D eigenvalue weighted by Crippen LogP contribution is -2.23. The van der Waals surface area contributed by atoms with Gasteiger partial charge in [-0.3, -0.25) is 9.80 Å². The number of benzene rings is 2. The molecule has 1 aliphatic rings. The Labute approximate surface area is 155 Å². The number of carbonyl (C=O) groups is 1. The van der Waals surface area contributed by atoms with Crippen LogP contribution in [0.2, 0.25) is 0 Å². The number of hydrogen-bond donors (Lipinski definition) is 0. The van der Waals surface area contributed by atoms with E-state index in [4.69, 9.17) is 4.74 Å². The summed E-state index contributed by atoms with van der Waals surface area (Å²) in [4.78, 5) is 11.5. The number of halogens is 1. The zero-order valence-electron chi connectivity index (χ0n) is 14.4. The summed E-state index contributed by atoms with van der Waals surface area (Å²) in [7, 11) is 1.88. The van der Waals surface area contributed by atoms with Gasteiger partial charge in [0.1, 0.15) is 19.0 Å². The van der Waals surface area contributed by atoms with Crippen molar-refractivity contribution >= 4 is 27.4 Å². The average molecular weight is 403 g/mol. The van der Waals surface area contributed by atoms with E-state index in [1.165, 1.54) is 0 Å². The molecule has 0 N–H and O–H groups in total. The van der Waals surface area contributed by atoms with Gasteiger partial charge in [-0.1, -0.05) is 17.4 Å². The molecule has 1 heterocycles. The van der Waals surface area contributed by atoms with E-state index >= 15 is 0 Å². The van der Waals surface area contributed by atoms with Gasteiger partial charge in [0.15, 0.2) is 5.78 Å². The van der Waals surface area contributed by atoms with E-state index in [-0.39, 0.29) is 5.78 Å². The second-order valence-electron chi connectivity index (χ2n) is 5.94. The quantitative estimate of drug-likeness (QED) is 0.689. The third-order valence-corrected chi connectivity index (χ3v) is 4.63. The van der Waals surface area contributed by atoms with E-state index in [0.717, 1.165) is 21.3 Å². The molecule has 0 aliphatic carbocycles. The summed E-state index contributed by atoms with van der Waals surface area (Å²) in [5.74, 6) is 0.719. The van der Waals surface area contributed by atoms with Crippen LogP contribution in [0.1, 0.15) is 28.4 Å². The molecule has 0 saturated heterocycles. The van der Waals surface area contributed by atoms with Gasteiger partial charge in [0.2, 0.25) is 0 Å². The first-order chi connectivity index (χ1) is 12.0. The first-order valence-corrected chi connectivity index (χ1v) is 8.67. The average Bonchev–Trinajstić information content (AvgIpc) is 3.00. The van der Waals surface area contributed by atoms with Crippen LogP contribution in [0.25, 0.3) is 0 Å². The van der Waals surface area contributed by atoms with Crippen molar-refractivity contribution in [2.75, 3.05) is 18.7 Å². The highest BCUT2D eigenvalue weighted by Crippen LogP contribution is 2.31. The fourth-order valence-electron chi connectivity index (χ4n) is 2.59. The van der Waals surface area contributed by atoms with Crippen LogP contribution in [0.15, 0.2) is 51.3 Å². The van der Waals surface area contributed by atoms with Crippen molar-refractivity contribution in [3.8, 4) is 5.75 Å². The predicted molar refractivity (Wildman–Crippen MR) is 99.6 cm³/mol. The number of rotatable bonds is 5. The van der Waals surface area contributed by atoms with E-state index in [9.17, 15) is 4.79 Å². The smallest absolute Gasteiger partial charge is 0.159 e. The summed E-state index contributed by atoms with van der Waals surface area (Å²) in [5, 5.41) is 11.8. The van der Waals surface area contributed by atoms with Crippen molar-refractivity contribution in [2.45, 2.75) is 20.5 Å². The second-order valence-corrected chi connectivity index (χ2v) is 6.79. The van der Waals surface area contributed by atoms with Gasteiger partial charge in [-0.15, -0.1) is 0 Å². The van der Waals surface area contributed by atoms with Crippen molar-refractivity contribution in [1.82, 2.24) is 5.01 Å². The van der Waals surface area contributed by atoms with Gasteiger partial charge in [-0.2, -0.15) is 0 Å². The number of Topliss-reactive ketones (excluding diaryl/α,β-unsaturated/α-hetero) is 1. The Balaban J connectivity index is 1.82. The Morgan fingerprint density at radius 1 is 1.28 bits per heavy atom. The third-order valence-electron chi connectivity index (χ3n) is 4.01. The molecule has 0 spiro atoms. The van der Waals surface area contributed by atoms with Gasteiger partial charge in [-0.25, -0.2) is 5.01 Å². The molecule has 2 aromatic rings. The third kappa shape index (κ3) is 3.82. The van der Waals surface area contributed by atoms with E-state index in [0.29, 0.717) is 24.6 Å². The Bertz CT molecular complexity index is 838. The summed E-state index contributed by atoms with van der Waals surface area (Å²) in [6.07, 6.45) is 0. The van der Waals surface area contributed by atoms with Gasteiger partial charge in [0.25, 0.3) is 0 Å². The minimum atomic E-state index is 0.0250. The molecule has 3 rings (SSSR count). The number of hydrogen-bond acceptors (Lipinski definition) is 6. The fourth-order valence-corrected chi connectivity index (χ4v) is 3.09. The zero-order valence-corrected chi connectivity index (χ0v) is 15.9. The number of carbonyl (C=O) groups excluding carboxylic acids is 1. The largest absolute Gasteiger partial charge is 0.488 e. The molecule has 25 heavy (non-hydrogen) atoms. The van der Waals surface area contributed by atoms with Crippen LogP contribution in [0, 0.1) is 6.92 Å². The molecule has 2 aromatic carbocycles. The van der Waals surface area contributed by atoms with Crippen molar-refractivity contribution in [2.24, 2.45) is 10.4 Å². The first kappa shape index (κ1) is 17.4. The van der Waals surface area contributed by atoms with Crippen LogP contribution in [0.4, 0.5) is 5.69 Å². The standard InChI is InChI=1S/C18H19BrN4O2/c1-12-5-4-6-17(23-11-22(3)20-21-23)15(12)10-25-18-8-7-14(13(2)24)9-16(18)19/h4-9H,10-11H2,1-3H3. The maximum Gasteiger partial charge on any atom is 0.159 e. The monoisotopic (exact) mass is 402 g/mol. The predicted octanol–water partition coefficient (Wildman–Crippen LogP) is 4.53. The SMILES string of the molecule is CC(=O)c1ccc(OCc2c(C)cccc2N2CN(C)N=N2)c(Br)c1. The van der Waals surface area contributed by atoms with Gasteiger partial charge in [-0.05, 0) is 64.8 Å². The van der Waals surface area contributed by atoms with E-state index in [1.807, 2.05) is 43.2 Å². The number of aryl methyl sites for hydroxylation is 1. The lowest BCUT2D eigenvalue weighted by atomic mass is 10.1. The van der Waals surface area contributed by atoms with Crippen LogP contribution in [-0.2, 0) is 6.61 Å². The Hall–Kier alpha value is -2.41. The van der Waals surface area contributed by atoms with Crippen LogP contribution in [0.3, 0.4) is 0 Å². The molecule has 0 fully saturated rings. The topological polar surface area (TPSA) is 57.5 Å². The number of ether oxygens (including phenoxy) is 1. The highest BCUT2D eigenvalue weighted by molar-refractivity contribution is 9.10. The summed E-state index contributed by atoms with van der Waals surface area (Å²) in [5.41, 5.74) is 3.80. The Morgan fingerprint density at radius 3 is 2.72 bits per heavy atom. The molecular weight excluding hydrogens is 384 g/mol. The summed E-state index contributed by atoms with van der Waals surface area (Å²) in [6, 6.07) is 11.4. The number of ketones is 1. The van der Waals surface area contributed by atoms with E-state index < -0.39 is 0 Å². The van der Waals surface area contributed by atoms with Crippen LogP contribution in [0.5, 0.6) is 5.75 Å². The zero-order chi connectivity index (χ0) is 18.0. The molecule has 130 valence electrons. The molecule has 7 heteroatoms. The van der Waals surface area contributed by atoms with Crippen LogP contribution >= 0.6 is 15.9 Å². The second kappa shape index (κ2) is 7.23. The molecule has 1 aliphatic heterocycles. The van der Waals surface area contributed by atoms with Gasteiger partial charge < -0.3 is 4.74 Å². The van der Waals surface area contributed by atoms with E-state index in [1.54, 1.807) is 24.1 Å². The normalized spacial score (nSPS) is 13.4. The molecule has 0 atom stereocenters. The summed E-state index contributed by atoms with van der Waals surface area (Å²) >= 11 is 3.47. The fraction of sp³-hybridized carbons (Fsp3) is 0.278. The molecule has 0 unspecified atom stereocenters. The molecule has 0 amide bonds. The van der Waals surface area contributed by atoms with Crippen molar-refractivity contribution in [1.29, 1.82) is 0 Å². The molecule has 6 nitrogen and oxygen atoms in total. The lowest BCUT2D eigenvalue weighted by Gasteiger charge is -2.19. The van der Waals surface area contributed by atoms with Crippen molar-refractivity contribution in [3.63, 3.8) is 0 Å². The highest BCUT2D eigenvalue weighted by Gasteiger charge is 2.19. The molecule has 0 aromatic heterocycles.